The molecule has 0 spiro atoms. The molecule has 3 aromatic rings. The van der Waals surface area contributed by atoms with Gasteiger partial charge in [-0.15, -0.1) is 0 Å². The van der Waals surface area contributed by atoms with E-state index in [-0.39, 0.29) is 16.1 Å². The molecular weight excluding hydrogens is 292 g/mol. The summed E-state index contributed by atoms with van der Waals surface area (Å²) >= 11 is 0. The number of benzene rings is 1. The fourth-order valence-corrected chi connectivity index (χ4v) is 3.63. The molecule has 6 nitrogen and oxygen atoms in total. The van der Waals surface area contributed by atoms with Crippen LogP contribution in [0.15, 0.2) is 59.6 Å². The van der Waals surface area contributed by atoms with Gasteiger partial charge >= 0.3 is 5.97 Å². The van der Waals surface area contributed by atoms with Crippen molar-refractivity contribution < 1.29 is 18.3 Å². The average molecular weight is 302 g/mol. The summed E-state index contributed by atoms with van der Waals surface area (Å²) in [5.74, 6) is -1.33. The second kappa shape index (κ2) is 4.71. The van der Waals surface area contributed by atoms with Crippen molar-refractivity contribution in [2.75, 3.05) is 0 Å². The van der Waals surface area contributed by atoms with E-state index in [1.807, 2.05) is 0 Å². The van der Waals surface area contributed by atoms with Crippen molar-refractivity contribution in [1.82, 2.24) is 8.96 Å². The molecular formula is C14H10N2O4S. The molecule has 2 aromatic heterocycles. The Balaban J connectivity index is 2.39. The summed E-state index contributed by atoms with van der Waals surface area (Å²) < 4.78 is 26.2. The molecule has 0 saturated carbocycles. The Labute approximate surface area is 120 Å². The quantitative estimate of drug-likeness (QED) is 0.799. The number of pyridine rings is 1. The fraction of sp³-hybridized carbons (Fsp3) is 0. The second-order valence-electron chi connectivity index (χ2n) is 4.32. The zero-order valence-corrected chi connectivity index (χ0v) is 11.5. The third kappa shape index (κ3) is 2.07. The van der Waals surface area contributed by atoms with Crippen molar-refractivity contribution in [1.29, 1.82) is 0 Å². The standard InChI is InChI=1S/C14H10N2O4S/c17-14(18)13-9-11-12(7-4-8-15-11)16(13)21(19,20)10-5-2-1-3-6-10/h1-9H,(H,17,18). The minimum Gasteiger partial charge on any atom is -0.477 e. The summed E-state index contributed by atoms with van der Waals surface area (Å²) in [4.78, 5) is 15.4. The highest BCUT2D eigenvalue weighted by molar-refractivity contribution is 7.90. The number of aromatic carboxylic acids is 1. The van der Waals surface area contributed by atoms with E-state index in [4.69, 9.17) is 0 Å². The van der Waals surface area contributed by atoms with E-state index >= 15 is 0 Å². The molecule has 3 rings (SSSR count). The van der Waals surface area contributed by atoms with Crippen LogP contribution in [0.4, 0.5) is 0 Å². The summed E-state index contributed by atoms with van der Waals surface area (Å²) in [5, 5.41) is 9.26. The molecule has 106 valence electrons. The van der Waals surface area contributed by atoms with Gasteiger partial charge in [0.05, 0.1) is 15.9 Å². The summed E-state index contributed by atoms with van der Waals surface area (Å²) in [7, 11) is -4.00. The summed E-state index contributed by atoms with van der Waals surface area (Å²) in [6.45, 7) is 0. The van der Waals surface area contributed by atoms with Crippen molar-refractivity contribution in [3.05, 3.63) is 60.4 Å². The first-order valence-electron chi connectivity index (χ1n) is 6.02. The smallest absolute Gasteiger partial charge is 0.353 e. The van der Waals surface area contributed by atoms with Gasteiger partial charge in [0, 0.05) is 6.20 Å². The van der Waals surface area contributed by atoms with Gasteiger partial charge in [0.25, 0.3) is 10.0 Å². The second-order valence-corrected chi connectivity index (χ2v) is 6.11. The van der Waals surface area contributed by atoms with Crippen LogP contribution in [0.1, 0.15) is 10.5 Å². The topological polar surface area (TPSA) is 89.3 Å². The molecule has 0 atom stereocenters. The molecule has 21 heavy (non-hydrogen) atoms. The van der Waals surface area contributed by atoms with Crippen molar-refractivity contribution in [2.45, 2.75) is 4.90 Å². The molecule has 0 saturated heterocycles. The first-order chi connectivity index (χ1) is 10.0. The zero-order chi connectivity index (χ0) is 15.0. The number of fused-ring (bicyclic) bond motifs is 1. The Kier molecular flexibility index (Phi) is 2.99. The van der Waals surface area contributed by atoms with E-state index < -0.39 is 16.0 Å². The number of carboxylic acids is 1. The van der Waals surface area contributed by atoms with Crippen LogP contribution >= 0.6 is 0 Å². The third-order valence-corrected chi connectivity index (χ3v) is 4.77. The van der Waals surface area contributed by atoms with Crippen molar-refractivity contribution in [3.8, 4) is 0 Å². The van der Waals surface area contributed by atoms with Crippen LogP contribution in [0, 0.1) is 0 Å². The Bertz CT molecular complexity index is 930. The highest BCUT2D eigenvalue weighted by Gasteiger charge is 2.26. The van der Waals surface area contributed by atoms with Gasteiger partial charge in [-0.1, -0.05) is 18.2 Å². The van der Waals surface area contributed by atoms with Crippen molar-refractivity contribution in [3.63, 3.8) is 0 Å². The molecule has 7 heteroatoms. The van der Waals surface area contributed by atoms with Crippen molar-refractivity contribution in [2.24, 2.45) is 0 Å². The maximum absolute atomic E-state index is 12.7. The van der Waals surface area contributed by atoms with Crippen LogP contribution in [0.5, 0.6) is 0 Å². The van der Waals surface area contributed by atoms with E-state index in [1.54, 1.807) is 24.3 Å². The lowest BCUT2D eigenvalue weighted by Gasteiger charge is -2.09. The minimum absolute atomic E-state index is 0.0221. The van der Waals surface area contributed by atoms with Crippen molar-refractivity contribution >= 4 is 27.0 Å². The molecule has 1 aromatic carbocycles. The Morgan fingerprint density at radius 1 is 1.10 bits per heavy atom. The molecule has 0 amide bonds. The Morgan fingerprint density at radius 2 is 1.81 bits per heavy atom. The number of rotatable bonds is 3. The number of hydrogen-bond donors (Lipinski definition) is 1. The Morgan fingerprint density at radius 3 is 2.48 bits per heavy atom. The van der Waals surface area contributed by atoms with Gasteiger partial charge in [-0.05, 0) is 30.3 Å². The largest absolute Gasteiger partial charge is 0.477 e. The molecule has 0 aliphatic heterocycles. The van der Waals surface area contributed by atoms with E-state index in [0.717, 1.165) is 3.97 Å². The van der Waals surface area contributed by atoms with Crippen LogP contribution in [-0.2, 0) is 10.0 Å². The number of carboxylic acid groups (broad SMARTS) is 1. The SMILES string of the molecule is O=C(O)c1cc2ncccc2n1S(=O)(=O)c1ccccc1. The number of carbonyl (C=O) groups is 1. The van der Waals surface area contributed by atoms with Crippen LogP contribution in [0.3, 0.4) is 0 Å². The monoisotopic (exact) mass is 302 g/mol. The van der Waals surface area contributed by atoms with Gasteiger partial charge in [-0.2, -0.15) is 0 Å². The highest BCUT2D eigenvalue weighted by atomic mass is 32.2. The first kappa shape index (κ1) is 13.3. The minimum atomic E-state index is -4.00. The summed E-state index contributed by atoms with van der Waals surface area (Å²) in [5.41, 5.74) is 0.209. The predicted octanol–water partition coefficient (Wildman–Crippen LogP) is 1.97. The summed E-state index contributed by atoms with van der Waals surface area (Å²) in [6, 6.07) is 12.0. The normalized spacial score (nSPS) is 11.6. The van der Waals surface area contributed by atoms with E-state index in [2.05, 4.69) is 4.98 Å². The maximum atomic E-state index is 12.7. The van der Waals surface area contributed by atoms with E-state index in [9.17, 15) is 18.3 Å². The van der Waals surface area contributed by atoms with Crippen LogP contribution in [0.25, 0.3) is 11.0 Å². The van der Waals surface area contributed by atoms with Gasteiger partial charge in [0.2, 0.25) is 0 Å². The summed E-state index contributed by atoms with van der Waals surface area (Å²) in [6.07, 6.45) is 1.48. The maximum Gasteiger partial charge on any atom is 0.353 e. The molecule has 1 N–H and O–H groups in total. The molecule has 0 bridgehead atoms. The zero-order valence-electron chi connectivity index (χ0n) is 10.7. The number of aromatic nitrogens is 2. The molecule has 2 heterocycles. The molecule has 0 aliphatic carbocycles. The molecule has 0 unspecified atom stereocenters. The third-order valence-electron chi connectivity index (χ3n) is 3.03. The lowest BCUT2D eigenvalue weighted by atomic mass is 10.4. The van der Waals surface area contributed by atoms with Gasteiger partial charge in [0.1, 0.15) is 5.69 Å². The van der Waals surface area contributed by atoms with Gasteiger partial charge < -0.3 is 5.11 Å². The van der Waals surface area contributed by atoms with E-state index in [1.165, 1.54) is 30.5 Å². The average Bonchev–Trinajstić information content (AvgIpc) is 2.88. The fourth-order valence-electron chi connectivity index (χ4n) is 2.12. The van der Waals surface area contributed by atoms with Gasteiger partial charge in [-0.25, -0.2) is 17.2 Å². The van der Waals surface area contributed by atoms with Gasteiger partial charge in [0.15, 0.2) is 0 Å². The number of nitrogens with zero attached hydrogens (tertiary/aromatic N) is 2. The number of hydrogen-bond acceptors (Lipinski definition) is 4. The predicted molar refractivity (Wildman–Crippen MR) is 75.7 cm³/mol. The lowest BCUT2D eigenvalue weighted by molar-refractivity contribution is 0.0689. The molecule has 0 aliphatic rings. The highest BCUT2D eigenvalue weighted by Crippen LogP contribution is 2.24. The van der Waals surface area contributed by atoms with Crippen LogP contribution in [-0.4, -0.2) is 28.5 Å². The molecule has 0 fully saturated rings. The first-order valence-corrected chi connectivity index (χ1v) is 7.46. The van der Waals surface area contributed by atoms with Crippen LogP contribution < -0.4 is 0 Å². The van der Waals surface area contributed by atoms with Gasteiger partial charge in [-0.3, -0.25) is 4.98 Å². The lowest BCUT2D eigenvalue weighted by Crippen LogP contribution is -2.18. The van der Waals surface area contributed by atoms with Crippen LogP contribution in [0.2, 0.25) is 0 Å². The van der Waals surface area contributed by atoms with E-state index in [0.29, 0.717) is 5.52 Å². The molecule has 0 radical (unpaired) electrons. The Hall–Kier alpha value is -2.67.